The van der Waals surface area contributed by atoms with Crippen LogP contribution in [0.4, 0.5) is 5.69 Å². The van der Waals surface area contributed by atoms with Crippen molar-refractivity contribution >= 4 is 33.0 Å². The van der Waals surface area contributed by atoms with Gasteiger partial charge in [-0.2, -0.15) is 0 Å². The van der Waals surface area contributed by atoms with E-state index in [9.17, 15) is 8.42 Å². The zero-order valence-corrected chi connectivity index (χ0v) is 12.9. The molecule has 0 aliphatic heterocycles. The lowest BCUT2D eigenvalue weighted by atomic mass is 10.3. The summed E-state index contributed by atoms with van der Waals surface area (Å²) in [7, 11) is -3.42. The molecule has 1 rings (SSSR count). The zero-order chi connectivity index (χ0) is 15.3. The van der Waals surface area contributed by atoms with Crippen molar-refractivity contribution in [1.82, 2.24) is 0 Å². The molecule has 20 heavy (non-hydrogen) atoms. The van der Waals surface area contributed by atoms with Gasteiger partial charge in [0.25, 0.3) is 0 Å². The Morgan fingerprint density at radius 3 is 2.55 bits per heavy atom. The van der Waals surface area contributed by atoms with E-state index < -0.39 is 9.84 Å². The molecule has 4 N–H and O–H groups in total. The molecule has 0 saturated carbocycles. The number of hydrogen-bond donors (Lipinski definition) is 2. The predicted octanol–water partition coefficient (Wildman–Crippen LogP) is 2.14. The summed E-state index contributed by atoms with van der Waals surface area (Å²) >= 11 is 5.75. The van der Waals surface area contributed by atoms with Crippen molar-refractivity contribution in [2.75, 3.05) is 5.75 Å². The Morgan fingerprint density at radius 2 is 2.00 bits per heavy atom. The molecule has 0 aliphatic carbocycles. The number of para-hydroxylation sites is 1. The molecule has 0 aromatic heterocycles. The normalized spacial score (nSPS) is 13.8. The van der Waals surface area contributed by atoms with Gasteiger partial charge in [-0.15, -0.1) is 0 Å². The van der Waals surface area contributed by atoms with E-state index >= 15 is 0 Å². The lowest BCUT2D eigenvalue weighted by Crippen LogP contribution is -2.14. The molecule has 5 nitrogen and oxygen atoms in total. The minimum atomic E-state index is -3.42. The Labute approximate surface area is 124 Å². The maximum absolute atomic E-state index is 12.3. The van der Waals surface area contributed by atoms with Gasteiger partial charge < -0.3 is 11.5 Å². The summed E-state index contributed by atoms with van der Waals surface area (Å²) in [6, 6.07) is 6.40. The van der Waals surface area contributed by atoms with Gasteiger partial charge in [-0.05, 0) is 18.1 Å². The summed E-state index contributed by atoms with van der Waals surface area (Å²) in [5.41, 5.74) is 11.1. The van der Waals surface area contributed by atoms with Crippen LogP contribution >= 0.6 is 11.6 Å². The monoisotopic (exact) mass is 315 g/mol. The number of nitrogens with zero attached hydrogens (tertiary/aromatic N) is 1. The second-order valence-corrected chi connectivity index (χ2v) is 7.06. The fraction of sp³-hybridized carbons (Fsp3) is 0.308. The highest BCUT2D eigenvalue weighted by Crippen LogP contribution is 2.26. The van der Waals surface area contributed by atoms with Gasteiger partial charge in [-0.1, -0.05) is 37.6 Å². The molecule has 0 bridgehead atoms. The first-order chi connectivity index (χ1) is 9.27. The van der Waals surface area contributed by atoms with Crippen LogP contribution in [0.15, 0.2) is 45.4 Å². The average molecular weight is 316 g/mol. The van der Waals surface area contributed by atoms with Crippen molar-refractivity contribution < 1.29 is 8.42 Å². The standard InChI is InChI=1S/C13H18ClN3O2S/c1-9(2)8-20(18,19)12-6-4-3-5-11(12)17-13(16)10(14)7-15/h3-7,9H,8,15H2,1-2H3,(H2,16,17). The second-order valence-electron chi connectivity index (χ2n) is 4.65. The number of rotatable bonds is 5. The van der Waals surface area contributed by atoms with Crippen molar-refractivity contribution in [3.63, 3.8) is 0 Å². The van der Waals surface area contributed by atoms with E-state index in [1.165, 1.54) is 6.07 Å². The van der Waals surface area contributed by atoms with E-state index in [4.69, 9.17) is 23.1 Å². The van der Waals surface area contributed by atoms with E-state index in [1.54, 1.807) is 18.2 Å². The summed E-state index contributed by atoms with van der Waals surface area (Å²) in [6.45, 7) is 3.68. The van der Waals surface area contributed by atoms with Gasteiger partial charge >= 0.3 is 0 Å². The van der Waals surface area contributed by atoms with Gasteiger partial charge in [0.05, 0.1) is 21.4 Å². The first-order valence-corrected chi connectivity index (χ1v) is 8.04. The highest BCUT2D eigenvalue weighted by atomic mass is 35.5. The second kappa shape index (κ2) is 6.76. The third kappa shape index (κ3) is 4.25. The summed E-state index contributed by atoms with van der Waals surface area (Å²) in [4.78, 5) is 4.18. The topological polar surface area (TPSA) is 98.5 Å². The molecule has 0 radical (unpaired) electrons. The first kappa shape index (κ1) is 16.5. The average Bonchev–Trinajstić information content (AvgIpc) is 2.36. The number of hydrogen-bond acceptors (Lipinski definition) is 4. The fourth-order valence-electron chi connectivity index (χ4n) is 1.61. The van der Waals surface area contributed by atoms with Gasteiger partial charge in [0, 0.05) is 6.20 Å². The Kier molecular flexibility index (Phi) is 5.59. The van der Waals surface area contributed by atoms with E-state index in [2.05, 4.69) is 4.99 Å². The molecule has 0 aliphatic rings. The Hall–Kier alpha value is -1.53. The van der Waals surface area contributed by atoms with E-state index in [1.807, 2.05) is 13.8 Å². The number of aliphatic imine (C=N–C) groups is 1. The molecular formula is C13H18ClN3O2S. The van der Waals surface area contributed by atoms with Gasteiger partial charge in [0.1, 0.15) is 5.84 Å². The van der Waals surface area contributed by atoms with E-state index in [0.717, 1.165) is 6.20 Å². The maximum atomic E-state index is 12.3. The molecule has 0 atom stereocenters. The van der Waals surface area contributed by atoms with E-state index in [-0.39, 0.29) is 33.1 Å². The van der Waals surface area contributed by atoms with Crippen LogP contribution in [-0.2, 0) is 9.84 Å². The SMILES string of the molecule is CC(C)CS(=O)(=O)c1ccccc1N=C(N)C(Cl)=CN. The van der Waals surface area contributed by atoms with E-state index in [0.29, 0.717) is 0 Å². The van der Waals surface area contributed by atoms with Crippen molar-refractivity contribution in [2.24, 2.45) is 22.4 Å². The summed E-state index contributed by atoms with van der Waals surface area (Å²) in [5, 5.41) is 0.0704. The van der Waals surface area contributed by atoms with Crippen LogP contribution in [-0.4, -0.2) is 20.0 Å². The van der Waals surface area contributed by atoms with Crippen LogP contribution in [0.25, 0.3) is 0 Å². The van der Waals surface area contributed by atoms with Crippen LogP contribution in [0.2, 0.25) is 0 Å². The van der Waals surface area contributed by atoms with Gasteiger partial charge in [-0.3, -0.25) is 0 Å². The molecule has 0 unspecified atom stereocenters. The number of halogens is 1. The minimum Gasteiger partial charge on any atom is -0.403 e. The number of benzene rings is 1. The Balaban J connectivity index is 3.32. The number of nitrogens with two attached hydrogens (primary N) is 2. The maximum Gasteiger partial charge on any atom is 0.180 e. The molecule has 0 fully saturated rings. The van der Waals surface area contributed by atoms with Gasteiger partial charge in [0.2, 0.25) is 0 Å². The van der Waals surface area contributed by atoms with Crippen molar-refractivity contribution in [2.45, 2.75) is 18.7 Å². The highest BCUT2D eigenvalue weighted by Gasteiger charge is 2.20. The zero-order valence-electron chi connectivity index (χ0n) is 11.4. The molecule has 0 amide bonds. The molecular weight excluding hydrogens is 298 g/mol. The third-order valence-corrected chi connectivity index (χ3v) is 4.83. The van der Waals surface area contributed by atoms with Crippen LogP contribution in [0.1, 0.15) is 13.8 Å². The third-order valence-electron chi connectivity index (χ3n) is 2.38. The molecule has 0 heterocycles. The van der Waals surface area contributed by atoms with Gasteiger partial charge in [-0.25, -0.2) is 13.4 Å². The Morgan fingerprint density at radius 1 is 1.40 bits per heavy atom. The predicted molar refractivity (Wildman–Crippen MR) is 82.7 cm³/mol. The highest BCUT2D eigenvalue weighted by molar-refractivity contribution is 7.91. The number of amidine groups is 1. The molecule has 0 saturated heterocycles. The van der Waals surface area contributed by atoms with Crippen LogP contribution in [0.5, 0.6) is 0 Å². The van der Waals surface area contributed by atoms with Crippen LogP contribution in [0.3, 0.4) is 0 Å². The molecule has 7 heteroatoms. The summed E-state index contributed by atoms with van der Waals surface area (Å²) in [5.74, 6) is 0.0307. The van der Waals surface area contributed by atoms with Crippen molar-refractivity contribution in [3.8, 4) is 0 Å². The molecule has 110 valence electrons. The number of sulfone groups is 1. The van der Waals surface area contributed by atoms with Gasteiger partial charge in [0.15, 0.2) is 9.84 Å². The quantitative estimate of drug-likeness (QED) is 0.642. The van der Waals surface area contributed by atoms with Crippen LogP contribution < -0.4 is 11.5 Å². The Bertz CT molecular complexity index is 637. The smallest absolute Gasteiger partial charge is 0.180 e. The fourth-order valence-corrected chi connectivity index (χ4v) is 3.43. The van der Waals surface area contributed by atoms with Crippen molar-refractivity contribution in [1.29, 1.82) is 0 Å². The molecule has 1 aromatic rings. The molecule has 1 aromatic carbocycles. The minimum absolute atomic E-state index is 0.0157. The first-order valence-electron chi connectivity index (χ1n) is 6.01. The lowest BCUT2D eigenvalue weighted by molar-refractivity contribution is 0.582. The van der Waals surface area contributed by atoms with Crippen LogP contribution in [0, 0.1) is 5.92 Å². The molecule has 0 spiro atoms. The summed E-state index contributed by atoms with van der Waals surface area (Å²) in [6.07, 6.45) is 1.10. The lowest BCUT2D eigenvalue weighted by Gasteiger charge is -2.10. The largest absolute Gasteiger partial charge is 0.403 e. The van der Waals surface area contributed by atoms with Crippen molar-refractivity contribution in [3.05, 3.63) is 35.5 Å². The summed E-state index contributed by atoms with van der Waals surface area (Å²) < 4.78 is 24.6.